The summed E-state index contributed by atoms with van der Waals surface area (Å²) in [6.07, 6.45) is 1.51. The van der Waals surface area contributed by atoms with Crippen LogP contribution in [0.3, 0.4) is 0 Å². The van der Waals surface area contributed by atoms with Crippen LogP contribution in [0.1, 0.15) is 19.5 Å². The van der Waals surface area contributed by atoms with E-state index in [1.165, 1.54) is 6.33 Å². The van der Waals surface area contributed by atoms with Crippen LogP contribution in [0.25, 0.3) is 10.9 Å². The van der Waals surface area contributed by atoms with Gasteiger partial charge in [-0.2, -0.15) is 0 Å². The smallest absolute Gasteiger partial charge is 0.224 e. The molecule has 6 heteroatoms. The monoisotopic (exact) mass is 330 g/mol. The van der Waals surface area contributed by atoms with E-state index in [0.29, 0.717) is 22.4 Å². The first-order chi connectivity index (χ1) is 11.0. The third-order valence-electron chi connectivity index (χ3n) is 5.04. The number of rotatable bonds is 3. The number of hydrogen-bond acceptors (Lipinski definition) is 4. The van der Waals surface area contributed by atoms with E-state index in [-0.39, 0.29) is 11.8 Å². The minimum absolute atomic E-state index is 0.125. The molecule has 1 aliphatic heterocycles. The number of halogens is 1. The van der Waals surface area contributed by atoms with Gasteiger partial charge >= 0.3 is 0 Å². The van der Waals surface area contributed by atoms with Gasteiger partial charge in [0, 0.05) is 11.3 Å². The number of piperidine rings is 1. The zero-order valence-electron chi connectivity index (χ0n) is 13.1. The number of para-hydroxylation sites is 1. The molecule has 1 amide bonds. The lowest BCUT2D eigenvalue weighted by atomic mass is 9.95. The molecule has 0 radical (unpaired) electrons. The second-order valence-electron chi connectivity index (χ2n) is 6.98. The van der Waals surface area contributed by atoms with Crippen molar-refractivity contribution >= 4 is 28.4 Å². The molecule has 2 heterocycles. The molecule has 5 nitrogen and oxygen atoms in total. The van der Waals surface area contributed by atoms with Gasteiger partial charge in [0.05, 0.1) is 21.8 Å². The van der Waals surface area contributed by atoms with Crippen LogP contribution in [0.2, 0.25) is 5.02 Å². The lowest BCUT2D eigenvalue weighted by molar-refractivity contribution is -0.124. The largest absolute Gasteiger partial charge is 0.345 e. The molecule has 2 fully saturated rings. The Labute approximate surface area is 139 Å². The Morgan fingerprint density at radius 2 is 2.04 bits per heavy atom. The maximum absolute atomic E-state index is 12.6. The Morgan fingerprint density at radius 1 is 1.30 bits per heavy atom. The normalized spacial score (nSPS) is 26.1. The summed E-state index contributed by atoms with van der Waals surface area (Å²) in [5.41, 5.74) is 0.934. The van der Waals surface area contributed by atoms with Crippen LogP contribution in [-0.2, 0) is 10.3 Å². The Bertz CT molecular complexity index is 781. The first-order valence-electron chi connectivity index (χ1n) is 7.91. The highest BCUT2D eigenvalue weighted by molar-refractivity contribution is 6.35. The van der Waals surface area contributed by atoms with Crippen molar-refractivity contribution < 1.29 is 4.79 Å². The third kappa shape index (κ3) is 2.39. The summed E-state index contributed by atoms with van der Waals surface area (Å²) in [5.74, 6) is 1.28. The minimum atomic E-state index is -0.576. The predicted octanol–water partition coefficient (Wildman–Crippen LogP) is 2.10. The zero-order chi connectivity index (χ0) is 16.2. The average Bonchev–Trinajstić information content (AvgIpc) is 3.00. The highest BCUT2D eigenvalue weighted by Gasteiger charge is 2.57. The third-order valence-corrected chi connectivity index (χ3v) is 5.34. The summed E-state index contributed by atoms with van der Waals surface area (Å²) in [7, 11) is 0. The molecule has 1 aromatic heterocycles. The fourth-order valence-electron chi connectivity index (χ4n) is 3.81. The van der Waals surface area contributed by atoms with E-state index in [2.05, 4.69) is 20.6 Å². The van der Waals surface area contributed by atoms with Crippen LogP contribution in [-0.4, -0.2) is 29.0 Å². The van der Waals surface area contributed by atoms with E-state index < -0.39 is 5.54 Å². The van der Waals surface area contributed by atoms with Gasteiger partial charge in [0.1, 0.15) is 6.33 Å². The molecule has 23 heavy (non-hydrogen) atoms. The maximum atomic E-state index is 12.6. The van der Waals surface area contributed by atoms with Crippen molar-refractivity contribution in [3.63, 3.8) is 0 Å². The van der Waals surface area contributed by atoms with E-state index in [9.17, 15) is 4.79 Å². The summed E-state index contributed by atoms with van der Waals surface area (Å²) < 4.78 is 0. The molecule has 1 saturated heterocycles. The molecule has 2 N–H and O–H groups in total. The molecular weight excluding hydrogens is 312 g/mol. The molecule has 0 bridgehead atoms. The summed E-state index contributed by atoms with van der Waals surface area (Å²) >= 11 is 6.23. The lowest BCUT2D eigenvalue weighted by Crippen LogP contribution is -2.43. The number of benzene rings is 1. The van der Waals surface area contributed by atoms with E-state index in [4.69, 9.17) is 11.6 Å². The van der Waals surface area contributed by atoms with Gasteiger partial charge in [-0.05, 0) is 44.8 Å². The lowest BCUT2D eigenvalue weighted by Gasteiger charge is -2.27. The fourth-order valence-corrected chi connectivity index (χ4v) is 4.03. The molecule has 1 aromatic carbocycles. The highest BCUT2D eigenvalue weighted by Crippen LogP contribution is 2.49. The van der Waals surface area contributed by atoms with E-state index >= 15 is 0 Å². The second kappa shape index (κ2) is 5.14. The minimum Gasteiger partial charge on any atom is -0.345 e. The van der Waals surface area contributed by atoms with Crippen molar-refractivity contribution in [3.8, 4) is 0 Å². The molecule has 2 aliphatic rings. The van der Waals surface area contributed by atoms with Gasteiger partial charge in [0.2, 0.25) is 5.91 Å². The van der Waals surface area contributed by atoms with Gasteiger partial charge < -0.3 is 10.6 Å². The first kappa shape index (κ1) is 14.8. The van der Waals surface area contributed by atoms with Crippen molar-refractivity contribution in [1.29, 1.82) is 0 Å². The van der Waals surface area contributed by atoms with Crippen LogP contribution in [0, 0.1) is 17.8 Å². The maximum Gasteiger partial charge on any atom is 0.224 e. The van der Waals surface area contributed by atoms with E-state index in [0.717, 1.165) is 24.2 Å². The van der Waals surface area contributed by atoms with Crippen molar-refractivity contribution in [3.05, 3.63) is 35.2 Å². The van der Waals surface area contributed by atoms with Crippen LogP contribution < -0.4 is 10.6 Å². The molecule has 120 valence electrons. The molecule has 1 aliphatic carbocycles. The zero-order valence-corrected chi connectivity index (χ0v) is 13.9. The Balaban J connectivity index is 1.63. The molecular formula is C17H19ClN4O. The molecule has 4 rings (SSSR count). The molecule has 3 atom stereocenters. The average molecular weight is 331 g/mol. The number of fused-ring (bicyclic) bond motifs is 2. The molecule has 0 spiro atoms. The Hall–Kier alpha value is -1.72. The van der Waals surface area contributed by atoms with E-state index in [1.54, 1.807) is 0 Å². The van der Waals surface area contributed by atoms with Gasteiger partial charge in [0.25, 0.3) is 0 Å². The number of carbonyl (C=O) groups excluding carboxylic acids is 1. The predicted molar refractivity (Wildman–Crippen MR) is 89.1 cm³/mol. The van der Waals surface area contributed by atoms with Gasteiger partial charge in [0.15, 0.2) is 0 Å². The topological polar surface area (TPSA) is 66.9 Å². The van der Waals surface area contributed by atoms with Crippen LogP contribution >= 0.6 is 11.6 Å². The van der Waals surface area contributed by atoms with E-state index in [1.807, 2.05) is 32.0 Å². The van der Waals surface area contributed by atoms with Gasteiger partial charge in [-0.25, -0.2) is 9.97 Å². The van der Waals surface area contributed by atoms with Gasteiger partial charge in [-0.3, -0.25) is 4.79 Å². The van der Waals surface area contributed by atoms with Crippen molar-refractivity contribution in [2.75, 3.05) is 13.1 Å². The molecule has 0 unspecified atom stereocenters. The summed E-state index contributed by atoms with van der Waals surface area (Å²) in [5, 5.41) is 7.96. The van der Waals surface area contributed by atoms with Gasteiger partial charge in [-0.15, -0.1) is 0 Å². The number of amides is 1. The molecule has 2 aromatic rings. The fraction of sp³-hybridized carbons (Fsp3) is 0.471. The summed E-state index contributed by atoms with van der Waals surface area (Å²) in [4.78, 5) is 21.3. The van der Waals surface area contributed by atoms with Crippen molar-refractivity contribution in [2.45, 2.75) is 19.4 Å². The van der Waals surface area contributed by atoms with Crippen LogP contribution in [0.4, 0.5) is 0 Å². The summed E-state index contributed by atoms with van der Waals surface area (Å²) in [6.45, 7) is 5.86. The first-order valence-corrected chi connectivity index (χ1v) is 8.29. The number of hydrogen-bond donors (Lipinski definition) is 2. The molecule has 1 saturated carbocycles. The van der Waals surface area contributed by atoms with Gasteiger partial charge in [-0.1, -0.05) is 23.7 Å². The standard InChI is InChI=1S/C17H19ClN4O/c1-17(2,22-16(23)13-10-6-19-7-11(10)13)15-9-4-3-5-12(18)14(9)20-8-21-15/h3-5,8,10-11,13,19H,6-7H2,1-2H3,(H,22,23)/t10-,11+,13+. The SMILES string of the molecule is CC(C)(NC(=O)[C@H]1[C@@H]2CNC[C@@H]21)c1ncnc2c(Cl)cccc12. The number of carbonyl (C=O) groups is 1. The van der Waals surface area contributed by atoms with Crippen molar-refractivity contribution in [2.24, 2.45) is 17.8 Å². The second-order valence-corrected chi connectivity index (χ2v) is 7.39. The Morgan fingerprint density at radius 3 is 2.78 bits per heavy atom. The van der Waals surface area contributed by atoms with Crippen LogP contribution in [0.5, 0.6) is 0 Å². The number of nitrogens with zero attached hydrogens (tertiary/aromatic N) is 2. The Kier molecular flexibility index (Phi) is 3.32. The highest BCUT2D eigenvalue weighted by atomic mass is 35.5. The number of nitrogens with one attached hydrogen (secondary N) is 2. The quantitative estimate of drug-likeness (QED) is 0.904. The number of aromatic nitrogens is 2. The summed E-state index contributed by atoms with van der Waals surface area (Å²) in [6, 6.07) is 5.64. The van der Waals surface area contributed by atoms with Crippen LogP contribution in [0.15, 0.2) is 24.5 Å². The van der Waals surface area contributed by atoms with Crippen molar-refractivity contribution in [1.82, 2.24) is 20.6 Å².